The summed E-state index contributed by atoms with van der Waals surface area (Å²) in [5.74, 6) is 0. The molecular formula is C33H36Br2N2NiOSi. The fourth-order valence-corrected chi connectivity index (χ4v) is 4.95. The molecule has 0 aliphatic carbocycles. The minimum atomic E-state index is -1.56. The van der Waals surface area contributed by atoms with Crippen molar-refractivity contribution in [2.24, 2.45) is 9.98 Å². The molecule has 4 aromatic carbocycles. The molecule has 0 saturated heterocycles. The van der Waals surface area contributed by atoms with Gasteiger partial charge in [0.25, 0.3) is 0 Å². The van der Waals surface area contributed by atoms with Crippen LogP contribution < -0.4 is 0 Å². The topological polar surface area (TPSA) is 34.0 Å². The molecule has 0 bridgehead atoms. The van der Waals surface area contributed by atoms with E-state index in [0.717, 1.165) is 64.5 Å². The van der Waals surface area contributed by atoms with Gasteiger partial charge in [0.2, 0.25) is 0 Å². The zero-order chi connectivity index (χ0) is 28.8. The SMILES string of the molecule is CC(=Nc1ccccc1-c1ccccc1)C(CCCO[Si](C)(C)C)=Nc1ccccc1-c1ccccc1.[Br][Ni][Br]. The molecule has 0 N–H and O–H groups in total. The fraction of sp³-hybridized carbons (Fsp3) is 0.212. The van der Waals surface area contributed by atoms with Crippen molar-refractivity contribution in [3.63, 3.8) is 0 Å². The third-order valence-corrected chi connectivity index (χ3v) is 7.10. The molecule has 0 aliphatic heterocycles. The zero-order valence-electron chi connectivity index (χ0n) is 23.4. The Balaban J connectivity index is 0.00000141. The van der Waals surface area contributed by atoms with Crippen molar-refractivity contribution in [1.82, 2.24) is 0 Å². The maximum absolute atomic E-state index is 6.14. The number of benzene rings is 4. The van der Waals surface area contributed by atoms with Crippen molar-refractivity contribution in [3.05, 3.63) is 109 Å². The van der Waals surface area contributed by atoms with Crippen LogP contribution in [0.3, 0.4) is 0 Å². The summed E-state index contributed by atoms with van der Waals surface area (Å²) >= 11 is 6.00. The Morgan fingerprint density at radius 2 is 1.10 bits per heavy atom. The molecule has 4 rings (SSSR count). The van der Waals surface area contributed by atoms with Crippen molar-refractivity contribution in [2.45, 2.75) is 39.4 Å². The van der Waals surface area contributed by atoms with Crippen LogP contribution in [0, 0.1) is 0 Å². The van der Waals surface area contributed by atoms with Gasteiger partial charge < -0.3 is 4.43 Å². The Hall–Kier alpha value is -2.15. The number of aliphatic imine (C=N–C) groups is 2. The first-order valence-corrected chi connectivity index (χ1v) is 21.5. The molecule has 0 spiro atoms. The summed E-state index contributed by atoms with van der Waals surface area (Å²) in [6, 6.07) is 37.5. The Morgan fingerprint density at radius 1 is 0.675 bits per heavy atom. The van der Waals surface area contributed by atoms with Crippen molar-refractivity contribution in [3.8, 4) is 22.3 Å². The second-order valence-corrected chi connectivity index (χ2v) is 19.6. The van der Waals surface area contributed by atoms with E-state index in [9.17, 15) is 0 Å². The Morgan fingerprint density at radius 3 is 1.57 bits per heavy atom. The van der Waals surface area contributed by atoms with Gasteiger partial charge in [-0.2, -0.15) is 0 Å². The van der Waals surface area contributed by atoms with Crippen molar-refractivity contribution in [2.75, 3.05) is 6.61 Å². The van der Waals surface area contributed by atoms with Crippen LogP contribution in [0.25, 0.3) is 22.3 Å². The van der Waals surface area contributed by atoms with Gasteiger partial charge in [0.1, 0.15) is 0 Å². The van der Waals surface area contributed by atoms with Crippen LogP contribution in [0.4, 0.5) is 11.4 Å². The van der Waals surface area contributed by atoms with E-state index in [4.69, 9.17) is 14.4 Å². The standard InChI is InChI=1S/C33H36N2OSi.2BrH.Ni/c1-26(34-32-22-13-11-20-29(32)27-16-7-5-8-17-27)31(24-15-25-36-37(2,3)4)35-33-23-14-12-21-30(33)28-18-9-6-10-19-28;;;/h5-14,16-23H,15,24-25H2,1-4H3;2*1H;/q;;;+2/p-2. The minimum absolute atomic E-state index is 0.739. The normalized spacial score (nSPS) is 12.2. The molecule has 40 heavy (non-hydrogen) atoms. The molecule has 0 aromatic heterocycles. The predicted molar refractivity (Wildman–Crippen MR) is 180 cm³/mol. The molecule has 4 aromatic rings. The van der Waals surface area contributed by atoms with E-state index in [2.05, 4.69) is 140 Å². The van der Waals surface area contributed by atoms with Crippen LogP contribution in [0.15, 0.2) is 119 Å². The van der Waals surface area contributed by atoms with E-state index in [0.29, 0.717) is 0 Å². The molecule has 0 unspecified atom stereocenters. The predicted octanol–water partition coefficient (Wildman–Crippen LogP) is 11.2. The number of hydrogen-bond acceptors (Lipinski definition) is 3. The zero-order valence-corrected chi connectivity index (χ0v) is 28.5. The average Bonchev–Trinajstić information content (AvgIpc) is 2.96. The molecule has 0 radical (unpaired) electrons. The monoisotopic (exact) mass is 720 g/mol. The average molecular weight is 723 g/mol. The van der Waals surface area contributed by atoms with Crippen LogP contribution in [0.1, 0.15) is 19.8 Å². The van der Waals surface area contributed by atoms with E-state index in [1.54, 1.807) is 0 Å². The second-order valence-electron chi connectivity index (χ2n) is 10.1. The Kier molecular flexibility index (Phi) is 13.7. The molecule has 7 heteroatoms. The van der Waals surface area contributed by atoms with Crippen LogP contribution in [-0.2, 0) is 15.3 Å². The van der Waals surface area contributed by atoms with Crippen LogP contribution in [0.2, 0.25) is 19.6 Å². The summed E-state index contributed by atoms with van der Waals surface area (Å²) in [6.45, 7) is 9.50. The summed E-state index contributed by atoms with van der Waals surface area (Å²) in [6.07, 6.45) is 1.71. The van der Waals surface area contributed by atoms with Crippen molar-refractivity contribution < 1.29 is 15.3 Å². The Labute approximate surface area is 260 Å². The second kappa shape index (κ2) is 17.0. The molecule has 0 saturated carbocycles. The first-order valence-electron chi connectivity index (χ1n) is 13.2. The number of halogens is 2. The van der Waals surface area contributed by atoms with Gasteiger partial charge in [-0.05, 0) is 62.7 Å². The number of para-hydroxylation sites is 2. The molecule has 3 nitrogen and oxygen atoms in total. The van der Waals surface area contributed by atoms with Crippen LogP contribution >= 0.6 is 28.5 Å². The molecule has 0 heterocycles. The summed E-state index contributed by atoms with van der Waals surface area (Å²) in [5, 5.41) is 0. The number of hydrogen-bond donors (Lipinski definition) is 0. The van der Waals surface area contributed by atoms with Gasteiger partial charge in [-0.15, -0.1) is 0 Å². The van der Waals surface area contributed by atoms with Gasteiger partial charge in [0.05, 0.1) is 22.8 Å². The van der Waals surface area contributed by atoms with E-state index >= 15 is 0 Å². The van der Waals surface area contributed by atoms with Crippen LogP contribution in [0.5, 0.6) is 0 Å². The van der Waals surface area contributed by atoms with Crippen molar-refractivity contribution in [1.29, 1.82) is 0 Å². The third kappa shape index (κ3) is 10.7. The summed E-state index contributed by atoms with van der Waals surface area (Å²) in [4.78, 5) is 10.3. The molecule has 0 amide bonds. The summed E-state index contributed by atoms with van der Waals surface area (Å²) in [7, 11) is -0.310. The third-order valence-electron chi connectivity index (χ3n) is 6.03. The van der Waals surface area contributed by atoms with Gasteiger partial charge >= 0.3 is 39.3 Å². The quantitative estimate of drug-likeness (QED) is 0.0911. The summed E-state index contributed by atoms with van der Waals surface area (Å²) in [5.41, 5.74) is 8.39. The van der Waals surface area contributed by atoms with E-state index in [1.807, 2.05) is 24.3 Å². The van der Waals surface area contributed by atoms with Crippen molar-refractivity contribution >= 4 is 59.6 Å². The first-order chi connectivity index (χ1) is 19.3. The Bertz CT molecular complexity index is 1390. The van der Waals surface area contributed by atoms with E-state index in [-0.39, 0.29) is 0 Å². The first kappa shape index (κ1) is 32.4. The van der Waals surface area contributed by atoms with Gasteiger partial charge in [-0.1, -0.05) is 97.1 Å². The van der Waals surface area contributed by atoms with Gasteiger partial charge in [0, 0.05) is 17.7 Å². The summed E-state index contributed by atoms with van der Waals surface area (Å²) < 4.78 is 6.14. The molecule has 212 valence electrons. The number of nitrogens with zero attached hydrogens (tertiary/aromatic N) is 2. The van der Waals surface area contributed by atoms with Gasteiger partial charge in [0.15, 0.2) is 8.32 Å². The molecular weight excluding hydrogens is 687 g/mol. The number of rotatable bonds is 10. The van der Waals surface area contributed by atoms with Gasteiger partial charge in [-0.25, -0.2) is 0 Å². The molecule has 0 fully saturated rings. The van der Waals surface area contributed by atoms with E-state index < -0.39 is 8.32 Å². The van der Waals surface area contributed by atoms with E-state index in [1.165, 1.54) is 10.9 Å². The molecule has 0 aliphatic rings. The van der Waals surface area contributed by atoms with Crippen LogP contribution in [-0.4, -0.2) is 26.3 Å². The molecule has 0 atom stereocenters. The maximum atomic E-state index is 6.14. The fourth-order valence-electron chi connectivity index (χ4n) is 4.19. The van der Waals surface area contributed by atoms with Gasteiger partial charge in [-0.3, -0.25) is 9.98 Å².